The van der Waals surface area contributed by atoms with Gasteiger partial charge >= 0.3 is 10.2 Å². The highest BCUT2D eigenvalue weighted by Crippen LogP contribution is 2.21. The first-order valence-electron chi connectivity index (χ1n) is 7.08. The molecular formula is C12H23N5O3S. The Bertz CT molecular complexity index is 545. The van der Waals surface area contributed by atoms with E-state index < -0.39 is 10.2 Å². The largest absolute Gasteiger partial charge is 0.383 e. The molecule has 1 aromatic rings. The third-order valence-electron chi connectivity index (χ3n) is 3.56. The van der Waals surface area contributed by atoms with E-state index in [1.807, 2.05) is 0 Å². The van der Waals surface area contributed by atoms with Crippen molar-refractivity contribution in [3.63, 3.8) is 0 Å². The SMILES string of the molecule is COCCn1cc(NS(=O)(=O)N2CCCCC2CN)cn1. The van der Waals surface area contributed by atoms with Crippen molar-refractivity contribution in [2.45, 2.75) is 31.8 Å². The van der Waals surface area contributed by atoms with Crippen LogP contribution in [0.15, 0.2) is 12.4 Å². The molecule has 0 aromatic carbocycles. The molecule has 120 valence electrons. The summed E-state index contributed by atoms with van der Waals surface area (Å²) >= 11 is 0. The van der Waals surface area contributed by atoms with Gasteiger partial charge in [-0.1, -0.05) is 6.42 Å². The van der Waals surface area contributed by atoms with Gasteiger partial charge in [0.1, 0.15) is 0 Å². The molecule has 1 aliphatic heterocycles. The minimum atomic E-state index is -3.59. The van der Waals surface area contributed by atoms with Crippen LogP contribution in [0.2, 0.25) is 0 Å². The number of nitrogens with two attached hydrogens (primary N) is 1. The van der Waals surface area contributed by atoms with E-state index in [4.69, 9.17) is 10.5 Å². The molecule has 0 aliphatic carbocycles. The van der Waals surface area contributed by atoms with E-state index in [9.17, 15) is 8.42 Å². The van der Waals surface area contributed by atoms with E-state index in [0.29, 0.717) is 31.9 Å². The lowest BCUT2D eigenvalue weighted by atomic mass is 10.1. The fraction of sp³-hybridized carbons (Fsp3) is 0.750. The summed E-state index contributed by atoms with van der Waals surface area (Å²) in [6.07, 6.45) is 5.84. The van der Waals surface area contributed by atoms with Gasteiger partial charge in [-0.05, 0) is 12.8 Å². The molecule has 0 amide bonds. The third-order valence-corrected chi connectivity index (χ3v) is 5.15. The number of anilines is 1. The summed E-state index contributed by atoms with van der Waals surface area (Å²) in [5, 5.41) is 4.09. The number of rotatable bonds is 7. The van der Waals surface area contributed by atoms with Crippen LogP contribution in [0, 0.1) is 0 Å². The number of nitrogens with one attached hydrogen (secondary N) is 1. The highest BCUT2D eigenvalue weighted by molar-refractivity contribution is 7.90. The molecule has 9 heteroatoms. The molecular weight excluding hydrogens is 294 g/mol. The van der Waals surface area contributed by atoms with Crippen molar-refractivity contribution in [3.05, 3.63) is 12.4 Å². The van der Waals surface area contributed by atoms with Gasteiger partial charge in [0.2, 0.25) is 0 Å². The quantitative estimate of drug-likeness (QED) is 0.737. The number of hydrogen-bond acceptors (Lipinski definition) is 5. The van der Waals surface area contributed by atoms with Crippen LogP contribution >= 0.6 is 0 Å². The summed E-state index contributed by atoms with van der Waals surface area (Å²) in [6, 6.07) is -0.125. The van der Waals surface area contributed by atoms with Crippen LogP contribution in [-0.4, -0.2) is 55.4 Å². The Balaban J connectivity index is 2.04. The monoisotopic (exact) mass is 317 g/mol. The zero-order valence-electron chi connectivity index (χ0n) is 12.2. The summed E-state index contributed by atoms with van der Waals surface area (Å²) in [4.78, 5) is 0. The average Bonchev–Trinajstić information content (AvgIpc) is 2.91. The first-order valence-corrected chi connectivity index (χ1v) is 8.52. The second-order valence-corrected chi connectivity index (χ2v) is 6.71. The Morgan fingerprint density at radius 3 is 3.05 bits per heavy atom. The van der Waals surface area contributed by atoms with Crippen LogP contribution in [0.5, 0.6) is 0 Å². The van der Waals surface area contributed by atoms with Crippen LogP contribution in [0.25, 0.3) is 0 Å². The zero-order chi connectivity index (χ0) is 15.3. The van der Waals surface area contributed by atoms with Crippen molar-refractivity contribution < 1.29 is 13.2 Å². The van der Waals surface area contributed by atoms with Crippen LogP contribution in [0.3, 0.4) is 0 Å². The smallest absolute Gasteiger partial charge is 0.302 e. The van der Waals surface area contributed by atoms with Gasteiger partial charge in [0.25, 0.3) is 0 Å². The normalized spacial score (nSPS) is 20.6. The van der Waals surface area contributed by atoms with Crippen molar-refractivity contribution in [1.29, 1.82) is 0 Å². The van der Waals surface area contributed by atoms with Crippen LogP contribution < -0.4 is 10.5 Å². The zero-order valence-corrected chi connectivity index (χ0v) is 13.1. The Labute approximate surface area is 125 Å². The molecule has 21 heavy (non-hydrogen) atoms. The first-order chi connectivity index (χ1) is 10.1. The van der Waals surface area contributed by atoms with Gasteiger partial charge < -0.3 is 10.5 Å². The van der Waals surface area contributed by atoms with Crippen molar-refractivity contribution in [1.82, 2.24) is 14.1 Å². The van der Waals surface area contributed by atoms with Crippen LogP contribution in [-0.2, 0) is 21.5 Å². The molecule has 8 nitrogen and oxygen atoms in total. The van der Waals surface area contributed by atoms with Crippen molar-refractivity contribution in [2.75, 3.05) is 31.5 Å². The van der Waals surface area contributed by atoms with Gasteiger partial charge in [0, 0.05) is 32.4 Å². The molecule has 3 N–H and O–H groups in total. The van der Waals surface area contributed by atoms with Crippen LogP contribution in [0.1, 0.15) is 19.3 Å². The number of nitrogens with zero attached hydrogens (tertiary/aromatic N) is 3. The molecule has 1 aromatic heterocycles. The van der Waals surface area contributed by atoms with Gasteiger partial charge in [0.05, 0.1) is 25.0 Å². The maximum Gasteiger partial charge on any atom is 0.302 e. The summed E-state index contributed by atoms with van der Waals surface area (Å²) in [6.45, 7) is 1.95. The van der Waals surface area contributed by atoms with Gasteiger partial charge in [0.15, 0.2) is 0 Å². The number of hydrogen-bond donors (Lipinski definition) is 2. The fourth-order valence-electron chi connectivity index (χ4n) is 2.46. The molecule has 1 aliphatic rings. The topological polar surface area (TPSA) is 102 Å². The van der Waals surface area contributed by atoms with E-state index >= 15 is 0 Å². The maximum absolute atomic E-state index is 12.4. The molecule has 0 radical (unpaired) electrons. The van der Waals surface area contributed by atoms with E-state index in [-0.39, 0.29) is 6.04 Å². The van der Waals surface area contributed by atoms with E-state index in [1.165, 1.54) is 10.5 Å². The standard InChI is InChI=1S/C12H23N5O3S/c1-20-7-6-16-10-11(9-14-16)15-21(18,19)17-5-3-2-4-12(17)8-13/h9-10,12,15H,2-8,13H2,1H3. The second-order valence-electron chi connectivity index (χ2n) is 5.09. The summed E-state index contributed by atoms with van der Waals surface area (Å²) < 4.78 is 35.5. The minimum absolute atomic E-state index is 0.125. The van der Waals surface area contributed by atoms with Gasteiger partial charge in [-0.3, -0.25) is 9.40 Å². The molecule has 0 saturated carbocycles. The predicted molar refractivity (Wildman–Crippen MR) is 80.0 cm³/mol. The molecule has 1 fully saturated rings. The second kappa shape index (κ2) is 7.21. The van der Waals surface area contributed by atoms with Crippen LogP contribution in [0.4, 0.5) is 5.69 Å². The molecule has 1 saturated heterocycles. The highest BCUT2D eigenvalue weighted by atomic mass is 32.2. The van der Waals surface area contributed by atoms with Crippen molar-refractivity contribution >= 4 is 15.9 Å². The molecule has 0 spiro atoms. The lowest BCUT2D eigenvalue weighted by molar-refractivity contribution is 0.183. The Kier molecular flexibility index (Phi) is 5.57. The number of aromatic nitrogens is 2. The van der Waals surface area contributed by atoms with Gasteiger partial charge in [-0.15, -0.1) is 0 Å². The van der Waals surface area contributed by atoms with E-state index in [0.717, 1.165) is 19.3 Å². The predicted octanol–water partition coefficient (Wildman–Crippen LogP) is -0.000600. The minimum Gasteiger partial charge on any atom is -0.383 e. The van der Waals surface area contributed by atoms with E-state index in [2.05, 4.69) is 9.82 Å². The molecule has 1 unspecified atom stereocenters. The number of ether oxygens (including phenoxy) is 1. The highest BCUT2D eigenvalue weighted by Gasteiger charge is 2.31. The van der Waals surface area contributed by atoms with Gasteiger partial charge in [-0.25, -0.2) is 0 Å². The lowest BCUT2D eigenvalue weighted by Crippen LogP contribution is -2.49. The molecule has 2 rings (SSSR count). The van der Waals surface area contributed by atoms with E-state index in [1.54, 1.807) is 18.0 Å². The summed E-state index contributed by atoms with van der Waals surface area (Å²) in [5.41, 5.74) is 6.13. The maximum atomic E-state index is 12.4. The summed E-state index contributed by atoms with van der Waals surface area (Å²) in [7, 11) is -1.98. The number of methoxy groups -OCH3 is 1. The Morgan fingerprint density at radius 1 is 1.52 bits per heavy atom. The third kappa shape index (κ3) is 4.16. The molecule has 0 bridgehead atoms. The average molecular weight is 317 g/mol. The molecule has 2 heterocycles. The number of piperidine rings is 1. The first kappa shape index (κ1) is 16.2. The lowest BCUT2D eigenvalue weighted by Gasteiger charge is -2.33. The fourth-order valence-corrected chi connectivity index (χ4v) is 3.93. The van der Waals surface area contributed by atoms with Gasteiger partial charge in [-0.2, -0.15) is 17.8 Å². The molecule has 1 atom stereocenters. The Morgan fingerprint density at radius 2 is 2.33 bits per heavy atom. The van der Waals surface area contributed by atoms with Crippen molar-refractivity contribution in [2.24, 2.45) is 5.73 Å². The Hall–Kier alpha value is -1.16. The summed E-state index contributed by atoms with van der Waals surface area (Å²) in [5.74, 6) is 0. The van der Waals surface area contributed by atoms with Crippen molar-refractivity contribution in [3.8, 4) is 0 Å².